The van der Waals surface area contributed by atoms with Crippen molar-refractivity contribution in [3.63, 3.8) is 0 Å². The van der Waals surface area contributed by atoms with Crippen molar-refractivity contribution in [1.82, 2.24) is 0 Å². The Kier molecular flexibility index (Phi) is 8.01. The van der Waals surface area contributed by atoms with E-state index in [9.17, 15) is 4.79 Å². The summed E-state index contributed by atoms with van der Waals surface area (Å²) in [4.78, 5) is 11.5. The molecule has 0 aromatic heterocycles. The van der Waals surface area contributed by atoms with Crippen molar-refractivity contribution >= 4 is 14.8 Å². The number of esters is 1. The third-order valence-electron chi connectivity index (χ3n) is 2.10. The van der Waals surface area contributed by atoms with E-state index in [-0.39, 0.29) is 13.2 Å². The number of ether oxygens (including phenoxy) is 1. The summed E-state index contributed by atoms with van der Waals surface area (Å²) in [6.45, 7) is 1.77. The first-order chi connectivity index (χ1) is 8.05. The quantitative estimate of drug-likeness (QED) is 0.294. The summed E-state index contributed by atoms with van der Waals surface area (Å²) in [6, 6.07) is 0. The first kappa shape index (κ1) is 16.3. The van der Waals surface area contributed by atoms with Gasteiger partial charge in [0.1, 0.15) is 0 Å². The van der Waals surface area contributed by atoms with Crippen molar-refractivity contribution in [3.05, 3.63) is 11.3 Å². The largest absolute Gasteiger partial charge is 0.529 e. The summed E-state index contributed by atoms with van der Waals surface area (Å²) in [5.41, 5.74) is 1.88. The third kappa shape index (κ3) is 5.42. The van der Waals surface area contributed by atoms with E-state index in [1.165, 1.54) is 27.0 Å². The van der Waals surface area contributed by atoms with E-state index in [0.29, 0.717) is 12.0 Å². The normalized spacial score (nSPS) is 12.6. The Hall–Kier alpha value is -0.733. The zero-order valence-electron chi connectivity index (χ0n) is 10.7. The van der Waals surface area contributed by atoms with E-state index >= 15 is 0 Å². The fraction of sp³-hybridized carbons (Fsp3) is 0.700. The average Bonchev–Trinajstić information content (AvgIpc) is 2.36. The molecule has 6 nitrogen and oxygen atoms in total. The maximum Gasteiger partial charge on any atom is 0.529 e. The highest BCUT2D eigenvalue weighted by molar-refractivity contribution is 6.66. The molecule has 0 rings (SSSR count). The summed E-state index contributed by atoms with van der Waals surface area (Å²) < 4.78 is 20.4. The van der Waals surface area contributed by atoms with Gasteiger partial charge in [0.25, 0.3) is 0 Å². The molecule has 17 heavy (non-hydrogen) atoms. The zero-order chi connectivity index (χ0) is 13.3. The van der Waals surface area contributed by atoms with Gasteiger partial charge in [-0.1, -0.05) is 0 Å². The van der Waals surface area contributed by atoms with E-state index in [1.807, 2.05) is 0 Å². The monoisotopic (exact) mass is 264 g/mol. The summed E-state index contributed by atoms with van der Waals surface area (Å²) in [5.74, 6) is -0.471. The Morgan fingerprint density at radius 1 is 1.24 bits per heavy atom. The van der Waals surface area contributed by atoms with Crippen LogP contribution < -0.4 is 0 Å². The summed E-state index contributed by atoms with van der Waals surface area (Å²) in [7, 11) is 1.47. The van der Waals surface area contributed by atoms with Gasteiger partial charge in [-0.3, -0.25) is 0 Å². The second-order valence-electron chi connectivity index (χ2n) is 3.26. The molecular formula is C10H20O6Si. The molecule has 0 saturated carbocycles. The maximum absolute atomic E-state index is 11.5. The molecule has 0 bridgehead atoms. The predicted octanol–water partition coefficient (Wildman–Crippen LogP) is 0.276. The molecule has 0 unspecified atom stereocenters. The minimum atomic E-state index is -2.90. The zero-order valence-corrected chi connectivity index (χ0v) is 11.7. The van der Waals surface area contributed by atoms with Crippen molar-refractivity contribution in [2.45, 2.75) is 13.3 Å². The SMILES string of the molecule is CO[Si](C=C(C)C(=O)OCCCO)(OC)OC. The summed E-state index contributed by atoms with van der Waals surface area (Å²) in [6.07, 6.45) is 0.417. The molecule has 0 aromatic carbocycles. The molecule has 0 atom stereocenters. The first-order valence-electron chi connectivity index (χ1n) is 5.18. The second-order valence-corrected chi connectivity index (χ2v) is 5.98. The van der Waals surface area contributed by atoms with Gasteiger partial charge in [0.2, 0.25) is 0 Å². The molecule has 7 heteroatoms. The number of hydrogen-bond donors (Lipinski definition) is 1. The van der Waals surface area contributed by atoms with E-state index in [4.69, 9.17) is 23.1 Å². The van der Waals surface area contributed by atoms with Crippen LogP contribution in [-0.4, -0.2) is 54.4 Å². The molecule has 0 spiro atoms. The highest BCUT2D eigenvalue weighted by atomic mass is 28.4. The Bertz CT molecular complexity index is 253. The van der Waals surface area contributed by atoms with Gasteiger partial charge in [-0.05, 0) is 12.6 Å². The number of carbonyl (C=O) groups excluding carboxylic acids is 1. The molecule has 0 heterocycles. The molecule has 0 saturated heterocycles. The van der Waals surface area contributed by atoms with Gasteiger partial charge in [0, 0.05) is 39.9 Å². The Balaban J connectivity index is 4.53. The fourth-order valence-corrected chi connectivity index (χ4v) is 2.60. The Labute approximate surface area is 102 Å². The van der Waals surface area contributed by atoms with Gasteiger partial charge in [0.15, 0.2) is 0 Å². The van der Waals surface area contributed by atoms with Gasteiger partial charge in [-0.15, -0.1) is 0 Å². The van der Waals surface area contributed by atoms with E-state index < -0.39 is 14.8 Å². The second kappa shape index (κ2) is 8.37. The van der Waals surface area contributed by atoms with Crippen LogP contribution in [0.4, 0.5) is 0 Å². The average molecular weight is 264 g/mol. The van der Waals surface area contributed by atoms with Crippen molar-refractivity contribution in [2.24, 2.45) is 0 Å². The Morgan fingerprint density at radius 3 is 2.18 bits per heavy atom. The van der Waals surface area contributed by atoms with Gasteiger partial charge in [-0.2, -0.15) is 0 Å². The van der Waals surface area contributed by atoms with Gasteiger partial charge in [-0.25, -0.2) is 4.79 Å². The number of hydrogen-bond acceptors (Lipinski definition) is 6. The molecule has 0 fully saturated rings. The van der Waals surface area contributed by atoms with E-state index in [2.05, 4.69) is 0 Å². The summed E-state index contributed by atoms with van der Waals surface area (Å²) >= 11 is 0. The lowest BCUT2D eigenvalue weighted by molar-refractivity contribution is -0.139. The molecule has 0 radical (unpaired) electrons. The van der Waals surface area contributed by atoms with Gasteiger partial charge < -0.3 is 23.1 Å². The molecule has 1 N–H and O–H groups in total. The molecule has 0 amide bonds. The van der Waals surface area contributed by atoms with Crippen LogP contribution in [0.5, 0.6) is 0 Å². The lowest BCUT2D eigenvalue weighted by Gasteiger charge is -2.21. The minimum absolute atomic E-state index is 0.0110. The third-order valence-corrected chi connectivity index (χ3v) is 4.60. The van der Waals surface area contributed by atoms with Crippen LogP contribution in [0.1, 0.15) is 13.3 Å². The molecule has 0 aromatic rings. The highest BCUT2D eigenvalue weighted by Gasteiger charge is 2.36. The topological polar surface area (TPSA) is 74.2 Å². The molecule has 0 aliphatic rings. The summed E-state index contributed by atoms with van der Waals surface area (Å²) in [5, 5.41) is 8.56. The van der Waals surface area contributed by atoms with Gasteiger partial charge >= 0.3 is 14.8 Å². The lowest BCUT2D eigenvalue weighted by atomic mass is 10.3. The van der Waals surface area contributed by atoms with Crippen LogP contribution in [0.2, 0.25) is 0 Å². The van der Waals surface area contributed by atoms with Crippen LogP contribution in [0.25, 0.3) is 0 Å². The van der Waals surface area contributed by atoms with Crippen LogP contribution >= 0.6 is 0 Å². The first-order valence-corrected chi connectivity index (χ1v) is 6.98. The molecule has 0 aliphatic carbocycles. The fourth-order valence-electron chi connectivity index (χ4n) is 1.09. The van der Waals surface area contributed by atoms with Crippen molar-refractivity contribution in [1.29, 1.82) is 0 Å². The van der Waals surface area contributed by atoms with Crippen LogP contribution in [0, 0.1) is 0 Å². The maximum atomic E-state index is 11.5. The number of rotatable bonds is 8. The number of aliphatic hydroxyl groups excluding tert-OH is 1. The van der Waals surface area contributed by atoms with Crippen molar-refractivity contribution < 1.29 is 27.9 Å². The van der Waals surface area contributed by atoms with Crippen molar-refractivity contribution in [2.75, 3.05) is 34.5 Å². The smallest absolute Gasteiger partial charge is 0.462 e. The van der Waals surface area contributed by atoms with Crippen molar-refractivity contribution in [3.8, 4) is 0 Å². The van der Waals surface area contributed by atoms with Gasteiger partial charge in [0.05, 0.1) is 6.61 Å². The molecular weight excluding hydrogens is 244 g/mol. The van der Waals surface area contributed by atoms with Crippen LogP contribution in [0.3, 0.4) is 0 Å². The predicted molar refractivity (Wildman–Crippen MR) is 63.2 cm³/mol. The highest BCUT2D eigenvalue weighted by Crippen LogP contribution is 2.11. The molecule has 100 valence electrons. The molecule has 0 aliphatic heterocycles. The lowest BCUT2D eigenvalue weighted by Crippen LogP contribution is -2.41. The number of aliphatic hydroxyl groups is 1. The minimum Gasteiger partial charge on any atom is -0.462 e. The number of carbonyl (C=O) groups is 1. The van der Waals surface area contributed by atoms with Crippen LogP contribution in [-0.2, 0) is 22.8 Å². The Morgan fingerprint density at radius 2 is 1.76 bits per heavy atom. The van der Waals surface area contributed by atoms with E-state index in [1.54, 1.807) is 6.92 Å². The standard InChI is InChI=1S/C10H20O6Si/c1-9(10(12)16-7-5-6-11)8-17(13-2,14-3)15-4/h8,11H,5-7H2,1-4H3. The van der Waals surface area contributed by atoms with E-state index in [0.717, 1.165) is 0 Å². The van der Waals surface area contributed by atoms with Crippen LogP contribution in [0.15, 0.2) is 11.3 Å².